The van der Waals surface area contributed by atoms with Gasteiger partial charge < -0.3 is 10.6 Å². The summed E-state index contributed by atoms with van der Waals surface area (Å²) in [6.45, 7) is 1.00. The molecule has 0 bridgehead atoms. The van der Waals surface area contributed by atoms with Crippen LogP contribution in [0.1, 0.15) is 5.56 Å². The average Bonchev–Trinajstić information content (AvgIpc) is 2.58. The van der Waals surface area contributed by atoms with E-state index in [2.05, 4.69) is 15.6 Å². The number of guanidine groups is 1. The van der Waals surface area contributed by atoms with Crippen molar-refractivity contribution in [2.45, 2.75) is 11.4 Å². The van der Waals surface area contributed by atoms with E-state index < -0.39 is 10.8 Å². The first-order valence-corrected chi connectivity index (χ1v) is 8.63. The van der Waals surface area contributed by atoms with E-state index in [0.29, 0.717) is 24.8 Å². The summed E-state index contributed by atoms with van der Waals surface area (Å²) in [5.41, 5.74) is 0.834. The molecule has 2 N–H and O–H groups in total. The van der Waals surface area contributed by atoms with Crippen LogP contribution in [0.3, 0.4) is 0 Å². The highest BCUT2D eigenvalue weighted by Crippen LogP contribution is 2.05. The molecule has 4 nitrogen and oxygen atoms in total. The highest BCUT2D eigenvalue weighted by Gasteiger charge is 2.04. The second kappa shape index (κ2) is 11.1. The maximum Gasteiger partial charge on any atom is 0.191 e. The Labute approximate surface area is 161 Å². The number of hydrogen-bond acceptors (Lipinski definition) is 2. The number of aliphatic imine (C=N–C) groups is 1. The topological polar surface area (TPSA) is 53.5 Å². The predicted molar refractivity (Wildman–Crippen MR) is 108 cm³/mol. The lowest BCUT2D eigenvalue weighted by molar-refractivity contribution is 0.624. The van der Waals surface area contributed by atoms with Gasteiger partial charge in [0.2, 0.25) is 0 Å². The molecule has 130 valence electrons. The molecular weight excluding hydrogens is 440 g/mol. The standard InChI is InChI=1S/C17H20FN3OS.HI/c1-19-17(21-13-14-6-5-7-15(18)12-14)20-10-11-23(22)16-8-3-2-4-9-16;/h2-9,12H,10-11,13H2,1H3,(H2,19,20,21);1H. The van der Waals surface area contributed by atoms with Gasteiger partial charge in [-0.15, -0.1) is 24.0 Å². The first-order valence-electron chi connectivity index (χ1n) is 7.31. The van der Waals surface area contributed by atoms with Gasteiger partial charge in [-0.25, -0.2) is 4.39 Å². The van der Waals surface area contributed by atoms with Gasteiger partial charge in [-0.1, -0.05) is 30.3 Å². The number of nitrogens with one attached hydrogen (secondary N) is 2. The highest BCUT2D eigenvalue weighted by atomic mass is 127. The molecule has 7 heteroatoms. The van der Waals surface area contributed by atoms with E-state index in [9.17, 15) is 8.60 Å². The van der Waals surface area contributed by atoms with Crippen LogP contribution in [-0.2, 0) is 17.3 Å². The Bertz CT molecular complexity index is 683. The van der Waals surface area contributed by atoms with Gasteiger partial charge in [0.05, 0.1) is 10.8 Å². The normalized spacial score (nSPS) is 12.2. The molecule has 0 aliphatic carbocycles. The molecule has 2 rings (SSSR count). The molecule has 0 amide bonds. The van der Waals surface area contributed by atoms with Crippen molar-refractivity contribution in [1.82, 2.24) is 10.6 Å². The van der Waals surface area contributed by atoms with Crippen LogP contribution in [0.4, 0.5) is 4.39 Å². The zero-order valence-corrected chi connectivity index (χ0v) is 16.5. The molecule has 2 aromatic carbocycles. The van der Waals surface area contributed by atoms with Gasteiger partial charge in [0.1, 0.15) is 5.82 Å². The van der Waals surface area contributed by atoms with E-state index in [-0.39, 0.29) is 29.8 Å². The SMILES string of the molecule is CN=C(NCCS(=O)c1ccccc1)NCc1cccc(F)c1.I. The smallest absolute Gasteiger partial charge is 0.191 e. The van der Waals surface area contributed by atoms with Crippen molar-refractivity contribution in [1.29, 1.82) is 0 Å². The molecule has 0 aliphatic heterocycles. The summed E-state index contributed by atoms with van der Waals surface area (Å²) in [5.74, 6) is 0.829. The summed E-state index contributed by atoms with van der Waals surface area (Å²) < 4.78 is 25.2. The number of halogens is 2. The molecule has 1 unspecified atom stereocenters. The van der Waals surface area contributed by atoms with E-state index in [4.69, 9.17) is 0 Å². The summed E-state index contributed by atoms with van der Waals surface area (Å²) >= 11 is 0. The zero-order valence-electron chi connectivity index (χ0n) is 13.4. The van der Waals surface area contributed by atoms with E-state index >= 15 is 0 Å². The second-order valence-electron chi connectivity index (χ2n) is 4.85. The maximum atomic E-state index is 13.1. The fourth-order valence-corrected chi connectivity index (χ4v) is 2.99. The molecular formula is C17H21FIN3OS. The second-order valence-corrected chi connectivity index (χ2v) is 6.42. The first-order chi connectivity index (χ1) is 11.2. The first kappa shape index (κ1) is 20.6. The van der Waals surface area contributed by atoms with Crippen molar-refractivity contribution < 1.29 is 8.60 Å². The Morgan fingerprint density at radius 3 is 2.54 bits per heavy atom. The summed E-state index contributed by atoms with van der Waals surface area (Å²) in [6, 6.07) is 15.8. The lowest BCUT2D eigenvalue weighted by Gasteiger charge is -2.12. The van der Waals surface area contributed by atoms with Crippen LogP contribution in [-0.4, -0.2) is 29.5 Å². The van der Waals surface area contributed by atoms with Crippen LogP contribution >= 0.6 is 24.0 Å². The van der Waals surface area contributed by atoms with Gasteiger partial charge in [0.15, 0.2) is 5.96 Å². The summed E-state index contributed by atoms with van der Waals surface area (Å²) in [6.07, 6.45) is 0. The van der Waals surface area contributed by atoms with Crippen molar-refractivity contribution in [2.75, 3.05) is 19.3 Å². The van der Waals surface area contributed by atoms with Crippen molar-refractivity contribution in [3.8, 4) is 0 Å². The minimum absolute atomic E-state index is 0. The van der Waals surface area contributed by atoms with Crippen LogP contribution < -0.4 is 10.6 Å². The zero-order chi connectivity index (χ0) is 16.5. The van der Waals surface area contributed by atoms with Crippen molar-refractivity contribution in [3.05, 3.63) is 66.0 Å². The van der Waals surface area contributed by atoms with Gasteiger partial charge >= 0.3 is 0 Å². The predicted octanol–water partition coefficient (Wildman–Crippen LogP) is 2.92. The lowest BCUT2D eigenvalue weighted by Crippen LogP contribution is -2.38. The van der Waals surface area contributed by atoms with Gasteiger partial charge in [0.25, 0.3) is 0 Å². The van der Waals surface area contributed by atoms with E-state index in [1.54, 1.807) is 13.1 Å². The van der Waals surface area contributed by atoms with Gasteiger partial charge in [-0.3, -0.25) is 9.20 Å². The molecule has 0 saturated carbocycles. The van der Waals surface area contributed by atoms with Crippen LogP contribution in [0.5, 0.6) is 0 Å². The molecule has 0 heterocycles. The number of nitrogens with zero attached hydrogens (tertiary/aromatic N) is 1. The van der Waals surface area contributed by atoms with Crippen LogP contribution in [0.25, 0.3) is 0 Å². The molecule has 0 fully saturated rings. The Morgan fingerprint density at radius 2 is 1.88 bits per heavy atom. The summed E-state index contributed by atoms with van der Waals surface area (Å²) in [4.78, 5) is 4.91. The quantitative estimate of drug-likeness (QED) is 0.395. The average molecular weight is 461 g/mol. The maximum absolute atomic E-state index is 13.1. The molecule has 0 radical (unpaired) electrons. The molecule has 2 aromatic rings. The van der Waals surface area contributed by atoms with Gasteiger partial charge in [-0.2, -0.15) is 0 Å². The highest BCUT2D eigenvalue weighted by molar-refractivity contribution is 14.0. The summed E-state index contributed by atoms with van der Waals surface area (Å²) in [5, 5.41) is 6.21. The fraction of sp³-hybridized carbons (Fsp3) is 0.235. The molecule has 0 saturated heterocycles. The van der Waals surface area contributed by atoms with Crippen LogP contribution in [0.15, 0.2) is 64.5 Å². The number of rotatable bonds is 6. The molecule has 0 spiro atoms. The van der Waals surface area contributed by atoms with E-state index in [1.807, 2.05) is 36.4 Å². The van der Waals surface area contributed by atoms with Crippen LogP contribution in [0, 0.1) is 5.82 Å². The van der Waals surface area contributed by atoms with Gasteiger partial charge in [-0.05, 0) is 29.8 Å². The van der Waals surface area contributed by atoms with Crippen molar-refractivity contribution in [3.63, 3.8) is 0 Å². The van der Waals surface area contributed by atoms with Crippen molar-refractivity contribution in [2.24, 2.45) is 4.99 Å². The fourth-order valence-electron chi connectivity index (χ4n) is 2.01. The Morgan fingerprint density at radius 1 is 1.12 bits per heavy atom. The largest absolute Gasteiger partial charge is 0.355 e. The Kier molecular flexibility index (Phi) is 9.55. The number of benzene rings is 2. The monoisotopic (exact) mass is 461 g/mol. The third kappa shape index (κ3) is 6.96. The number of hydrogen-bond donors (Lipinski definition) is 2. The molecule has 0 aromatic heterocycles. The summed E-state index contributed by atoms with van der Waals surface area (Å²) in [7, 11) is 0.622. The minimum Gasteiger partial charge on any atom is -0.355 e. The van der Waals surface area contributed by atoms with Crippen molar-refractivity contribution >= 4 is 40.7 Å². The third-order valence-electron chi connectivity index (χ3n) is 3.16. The third-order valence-corrected chi connectivity index (χ3v) is 4.53. The van der Waals surface area contributed by atoms with E-state index in [0.717, 1.165) is 10.5 Å². The Hall–Kier alpha value is -1.48. The van der Waals surface area contributed by atoms with Gasteiger partial charge in [0, 0.05) is 30.8 Å². The minimum atomic E-state index is -1.04. The molecule has 1 atom stereocenters. The van der Waals surface area contributed by atoms with Crippen LogP contribution in [0.2, 0.25) is 0 Å². The van der Waals surface area contributed by atoms with E-state index in [1.165, 1.54) is 12.1 Å². The molecule has 24 heavy (non-hydrogen) atoms. The molecule has 0 aliphatic rings. The Balaban J connectivity index is 0.00000288. The lowest BCUT2D eigenvalue weighted by atomic mass is 10.2.